The Balaban J connectivity index is 1.82. The Bertz CT molecular complexity index is 766. The Hall–Kier alpha value is -1.44. The second-order valence-electron chi connectivity index (χ2n) is 7.80. The maximum Gasteiger partial charge on any atom is 0.253 e. The topological polar surface area (TPSA) is 66.9 Å². The minimum atomic E-state index is -3.65. The highest BCUT2D eigenvalue weighted by Gasteiger charge is 2.33. The summed E-state index contributed by atoms with van der Waals surface area (Å²) in [6.07, 6.45) is 2.95. The number of amides is 1. The maximum atomic E-state index is 13.1. The summed E-state index contributed by atoms with van der Waals surface area (Å²) in [6.45, 7) is 7.92. The lowest BCUT2D eigenvalue weighted by atomic mass is 10.2. The first-order chi connectivity index (χ1) is 12.8. The zero-order valence-electron chi connectivity index (χ0n) is 16.4. The summed E-state index contributed by atoms with van der Waals surface area (Å²) in [4.78, 5) is 15.0. The van der Waals surface area contributed by atoms with Gasteiger partial charge in [0.1, 0.15) is 0 Å². The van der Waals surface area contributed by atoms with E-state index in [1.807, 2.05) is 18.7 Å². The molecule has 27 heavy (non-hydrogen) atoms. The molecular weight excluding hydrogens is 364 g/mol. The van der Waals surface area contributed by atoms with Crippen LogP contribution in [0, 0.1) is 5.92 Å². The van der Waals surface area contributed by atoms with Crippen molar-refractivity contribution in [2.45, 2.75) is 57.1 Å². The first kappa shape index (κ1) is 20.3. The van der Waals surface area contributed by atoms with E-state index in [1.54, 1.807) is 18.2 Å². The molecule has 0 N–H and O–H groups in total. The molecule has 1 saturated carbocycles. The molecule has 1 aliphatic heterocycles. The molecule has 0 aromatic heterocycles. The maximum absolute atomic E-state index is 13.1. The van der Waals surface area contributed by atoms with Gasteiger partial charge in [0.2, 0.25) is 10.0 Å². The van der Waals surface area contributed by atoms with Crippen molar-refractivity contribution in [1.29, 1.82) is 0 Å². The van der Waals surface area contributed by atoms with Crippen molar-refractivity contribution in [2.75, 3.05) is 26.2 Å². The Kier molecular flexibility index (Phi) is 6.23. The second kappa shape index (κ2) is 8.29. The number of sulfonamides is 1. The van der Waals surface area contributed by atoms with E-state index < -0.39 is 10.0 Å². The van der Waals surface area contributed by atoms with Crippen molar-refractivity contribution in [1.82, 2.24) is 9.21 Å². The molecule has 3 rings (SSSR count). The number of benzene rings is 1. The number of carbonyl (C=O) groups excluding carboxylic acids is 1. The van der Waals surface area contributed by atoms with Gasteiger partial charge in [-0.1, -0.05) is 13.0 Å². The molecule has 1 aliphatic carbocycles. The van der Waals surface area contributed by atoms with Gasteiger partial charge in [0.25, 0.3) is 5.91 Å². The molecule has 7 heteroatoms. The van der Waals surface area contributed by atoms with Crippen LogP contribution in [-0.2, 0) is 14.8 Å². The standard InChI is InChI=1S/C20H30N2O4S/c1-4-10-21(14-17-8-9-17)20(23)18-6-5-7-19(11-18)27(24,25)22-12-15(2)26-16(3)13-22/h5-7,11,15-17H,4,8-10,12-14H2,1-3H3. The van der Waals surface area contributed by atoms with Gasteiger partial charge in [0.15, 0.2) is 0 Å². The summed E-state index contributed by atoms with van der Waals surface area (Å²) in [6, 6.07) is 6.47. The fourth-order valence-electron chi connectivity index (χ4n) is 3.61. The quantitative estimate of drug-likeness (QED) is 0.713. The number of carbonyl (C=O) groups is 1. The third-order valence-corrected chi connectivity index (χ3v) is 6.89. The summed E-state index contributed by atoms with van der Waals surface area (Å²) in [5.41, 5.74) is 0.444. The molecule has 0 spiro atoms. The van der Waals surface area contributed by atoms with Crippen LogP contribution in [0.1, 0.15) is 50.4 Å². The van der Waals surface area contributed by atoms with E-state index in [2.05, 4.69) is 6.92 Å². The van der Waals surface area contributed by atoms with Crippen LogP contribution in [-0.4, -0.2) is 61.9 Å². The molecule has 0 bridgehead atoms. The summed E-state index contributed by atoms with van der Waals surface area (Å²) in [5.74, 6) is 0.522. The molecule has 6 nitrogen and oxygen atoms in total. The average Bonchev–Trinajstić information content (AvgIpc) is 3.44. The third-order valence-electron chi connectivity index (χ3n) is 5.06. The van der Waals surface area contributed by atoms with Crippen molar-refractivity contribution in [2.24, 2.45) is 5.92 Å². The second-order valence-corrected chi connectivity index (χ2v) is 9.74. The smallest absolute Gasteiger partial charge is 0.253 e. The zero-order valence-corrected chi connectivity index (χ0v) is 17.2. The highest BCUT2D eigenvalue weighted by Crippen LogP contribution is 2.30. The fourth-order valence-corrected chi connectivity index (χ4v) is 5.24. The SMILES string of the molecule is CCCN(CC1CC1)C(=O)c1cccc(S(=O)(=O)N2CC(C)OC(C)C2)c1. The van der Waals surface area contributed by atoms with Gasteiger partial charge in [-0.25, -0.2) is 8.42 Å². The van der Waals surface area contributed by atoms with Gasteiger partial charge in [0, 0.05) is 31.7 Å². The molecule has 2 unspecified atom stereocenters. The Morgan fingerprint density at radius 1 is 1.22 bits per heavy atom. The Morgan fingerprint density at radius 3 is 2.48 bits per heavy atom. The first-order valence-corrected chi connectivity index (χ1v) is 11.3. The lowest BCUT2D eigenvalue weighted by molar-refractivity contribution is -0.0440. The first-order valence-electron chi connectivity index (χ1n) is 9.86. The monoisotopic (exact) mass is 394 g/mol. The highest BCUT2D eigenvalue weighted by atomic mass is 32.2. The largest absolute Gasteiger partial charge is 0.373 e. The van der Waals surface area contributed by atoms with E-state index in [0.29, 0.717) is 31.1 Å². The van der Waals surface area contributed by atoms with Crippen LogP contribution in [0.5, 0.6) is 0 Å². The Labute approximate surface area is 162 Å². The van der Waals surface area contributed by atoms with Crippen molar-refractivity contribution in [3.63, 3.8) is 0 Å². The molecular formula is C20H30N2O4S. The number of hydrogen-bond acceptors (Lipinski definition) is 4. The molecule has 2 aliphatic rings. The summed E-state index contributed by atoms with van der Waals surface area (Å²) in [7, 11) is -3.65. The summed E-state index contributed by atoms with van der Waals surface area (Å²) >= 11 is 0. The molecule has 1 heterocycles. The van der Waals surface area contributed by atoms with E-state index in [-0.39, 0.29) is 23.0 Å². The van der Waals surface area contributed by atoms with Crippen molar-refractivity contribution in [3.8, 4) is 0 Å². The zero-order chi connectivity index (χ0) is 19.6. The molecule has 150 valence electrons. The number of hydrogen-bond donors (Lipinski definition) is 0. The predicted molar refractivity (Wildman–Crippen MR) is 104 cm³/mol. The molecule has 2 atom stereocenters. The summed E-state index contributed by atoms with van der Waals surface area (Å²) < 4.78 is 33.3. The van der Waals surface area contributed by atoms with Gasteiger partial charge < -0.3 is 9.64 Å². The van der Waals surface area contributed by atoms with Gasteiger partial charge in [-0.05, 0) is 57.2 Å². The van der Waals surface area contributed by atoms with Crippen LogP contribution < -0.4 is 0 Å². The molecule has 1 aromatic rings. The lowest BCUT2D eigenvalue weighted by Gasteiger charge is -2.34. The number of rotatable bonds is 7. The third kappa shape index (κ3) is 4.89. The molecule has 1 saturated heterocycles. The van der Waals surface area contributed by atoms with Gasteiger partial charge in [-0.15, -0.1) is 0 Å². The van der Waals surface area contributed by atoms with Crippen LogP contribution in [0.4, 0.5) is 0 Å². The van der Waals surface area contributed by atoms with Gasteiger partial charge in [-0.2, -0.15) is 4.31 Å². The van der Waals surface area contributed by atoms with Gasteiger partial charge in [0.05, 0.1) is 17.1 Å². The Morgan fingerprint density at radius 2 is 1.89 bits per heavy atom. The van der Waals surface area contributed by atoms with Crippen molar-refractivity contribution >= 4 is 15.9 Å². The van der Waals surface area contributed by atoms with Crippen LogP contribution in [0.3, 0.4) is 0 Å². The van der Waals surface area contributed by atoms with Crippen LogP contribution in [0.15, 0.2) is 29.2 Å². The van der Waals surface area contributed by atoms with Crippen LogP contribution >= 0.6 is 0 Å². The van der Waals surface area contributed by atoms with E-state index in [4.69, 9.17) is 4.74 Å². The molecule has 1 aromatic carbocycles. The van der Waals surface area contributed by atoms with Crippen molar-refractivity contribution < 1.29 is 17.9 Å². The van der Waals surface area contributed by atoms with Crippen LogP contribution in [0.2, 0.25) is 0 Å². The van der Waals surface area contributed by atoms with E-state index in [0.717, 1.165) is 13.0 Å². The molecule has 1 amide bonds. The van der Waals surface area contributed by atoms with E-state index in [1.165, 1.54) is 23.2 Å². The molecule has 2 fully saturated rings. The highest BCUT2D eigenvalue weighted by molar-refractivity contribution is 7.89. The number of morpholine rings is 1. The van der Waals surface area contributed by atoms with E-state index >= 15 is 0 Å². The van der Waals surface area contributed by atoms with Gasteiger partial charge in [-0.3, -0.25) is 4.79 Å². The van der Waals surface area contributed by atoms with Crippen LogP contribution in [0.25, 0.3) is 0 Å². The fraction of sp³-hybridized carbons (Fsp3) is 0.650. The van der Waals surface area contributed by atoms with Crippen molar-refractivity contribution in [3.05, 3.63) is 29.8 Å². The number of ether oxygens (including phenoxy) is 1. The lowest BCUT2D eigenvalue weighted by Crippen LogP contribution is -2.48. The predicted octanol–water partition coefficient (Wildman–Crippen LogP) is 2.75. The summed E-state index contributed by atoms with van der Waals surface area (Å²) in [5, 5.41) is 0. The molecule has 0 radical (unpaired) electrons. The average molecular weight is 395 g/mol. The number of nitrogens with zero attached hydrogens (tertiary/aromatic N) is 2. The minimum Gasteiger partial charge on any atom is -0.373 e. The van der Waals surface area contributed by atoms with E-state index in [9.17, 15) is 13.2 Å². The van der Waals surface area contributed by atoms with Gasteiger partial charge >= 0.3 is 0 Å². The minimum absolute atomic E-state index is 0.0792. The normalized spacial score (nSPS) is 24.0.